The average Bonchev–Trinajstić information content (AvgIpc) is 3.85. The van der Waals surface area contributed by atoms with E-state index in [1.54, 1.807) is 0 Å². The highest BCUT2D eigenvalue weighted by Gasteiger charge is 2.25. The molecule has 66 heavy (non-hydrogen) atoms. The van der Waals surface area contributed by atoms with E-state index in [2.05, 4.69) is 108 Å². The Labute approximate surface area is 395 Å². The monoisotopic (exact) mass is 815 g/mol. The molecular weight excluding hydrogens is 791 g/mol. The number of para-hydroxylation sites is 2. The number of hydrogen-bond donors (Lipinski definition) is 0. The molecule has 0 N–H and O–H groups in total. The number of fused-ring (bicyclic) bond motifs is 6. The SMILES string of the molecule is [B]c1c([B])c([B])c(-c2nc(-c3c([B])c([B])c([B])c([B])c3[B])nc(-n3c4ccccc4c4cc5c(cc43)c3ccccc3n5-c3ccc(-c4ccccc4)c(-c4ccccc4)c3)n2)c([B])c1[B]. The summed E-state index contributed by atoms with van der Waals surface area (Å²) in [5.41, 5.74) is 9.55. The van der Waals surface area contributed by atoms with Gasteiger partial charge in [-0.3, -0.25) is 4.57 Å². The zero-order valence-electron chi connectivity index (χ0n) is 35.3. The van der Waals surface area contributed by atoms with Crippen LogP contribution in [0.1, 0.15) is 0 Å². The third-order valence-electron chi connectivity index (χ3n) is 12.6. The minimum Gasteiger partial charge on any atom is -0.309 e. The maximum absolute atomic E-state index is 6.64. The van der Waals surface area contributed by atoms with Gasteiger partial charge >= 0.3 is 0 Å². The van der Waals surface area contributed by atoms with E-state index in [1.807, 2.05) is 41.0 Å². The molecule has 0 aliphatic heterocycles. The highest BCUT2D eigenvalue weighted by atomic mass is 15.2. The Morgan fingerprint density at radius 1 is 0.303 bits per heavy atom. The van der Waals surface area contributed by atoms with Gasteiger partial charge in [-0.15, -0.1) is 32.8 Å². The molecule has 282 valence electrons. The molecule has 0 unspecified atom stereocenters. The van der Waals surface area contributed by atoms with Crippen LogP contribution in [0.25, 0.3) is 100 Å². The predicted octanol–water partition coefficient (Wildman–Crippen LogP) is 0.672. The molecule has 11 aromatic rings. The third-order valence-corrected chi connectivity index (χ3v) is 12.6. The van der Waals surface area contributed by atoms with E-state index in [9.17, 15) is 0 Å². The fourth-order valence-corrected chi connectivity index (χ4v) is 9.19. The fraction of sp³-hybridized carbons (Fsp3) is 0. The molecular formula is C51H23B10N5. The Kier molecular flexibility index (Phi) is 10.0. The van der Waals surface area contributed by atoms with Crippen molar-refractivity contribution in [2.45, 2.75) is 0 Å². The number of benzene rings is 8. The van der Waals surface area contributed by atoms with Crippen LogP contribution >= 0.6 is 0 Å². The summed E-state index contributed by atoms with van der Waals surface area (Å²) >= 11 is 0. The molecule has 0 amide bonds. The van der Waals surface area contributed by atoms with Crippen LogP contribution in [-0.2, 0) is 0 Å². The number of aromatic nitrogens is 5. The summed E-state index contributed by atoms with van der Waals surface area (Å²) in [4.78, 5) is 14.9. The second-order valence-corrected chi connectivity index (χ2v) is 16.2. The molecule has 0 saturated carbocycles. The quantitative estimate of drug-likeness (QED) is 0.233. The van der Waals surface area contributed by atoms with Crippen molar-refractivity contribution >= 4 is 177 Å². The number of rotatable bonds is 6. The highest BCUT2D eigenvalue weighted by Crippen LogP contribution is 2.41. The standard InChI is InChI=1S/C51H23B10N5/c52-39-37(40(53)44(57)47(60)43(39)56)49-62-50(38-41(54)45(58)48(61)46(59)42(38)55)64-51(63-49)66-34-18-10-8-16-29(34)32-22-35-31(23-36(32)66)28-15-7-9-17-33(28)65(35)26-19-20-27(24-11-3-1-4-12-24)30(21-26)25-13-5-2-6-14-25/h1-23H. The summed E-state index contributed by atoms with van der Waals surface area (Å²) in [6.07, 6.45) is 0. The van der Waals surface area contributed by atoms with Gasteiger partial charge in [-0.2, -0.15) is 9.97 Å². The molecule has 0 aliphatic carbocycles. The third kappa shape index (κ3) is 6.34. The molecule has 20 radical (unpaired) electrons. The molecule has 0 atom stereocenters. The van der Waals surface area contributed by atoms with Crippen LogP contribution in [0.5, 0.6) is 0 Å². The van der Waals surface area contributed by atoms with Gasteiger partial charge in [-0.25, -0.2) is 4.98 Å². The molecule has 0 bridgehead atoms. The summed E-state index contributed by atoms with van der Waals surface area (Å²) in [6.45, 7) is 0. The first-order chi connectivity index (χ1) is 31.9. The molecule has 0 aliphatic rings. The number of nitrogens with zero attached hydrogens (tertiary/aromatic N) is 5. The first kappa shape index (κ1) is 41.7. The first-order valence-corrected chi connectivity index (χ1v) is 20.9. The van der Waals surface area contributed by atoms with E-state index < -0.39 is 0 Å². The van der Waals surface area contributed by atoms with Crippen LogP contribution in [0.15, 0.2) is 140 Å². The lowest BCUT2D eigenvalue weighted by atomic mass is 9.60. The lowest BCUT2D eigenvalue weighted by molar-refractivity contribution is 0.956. The van der Waals surface area contributed by atoms with Crippen molar-refractivity contribution in [3.63, 3.8) is 0 Å². The van der Waals surface area contributed by atoms with E-state index in [1.165, 1.54) is 0 Å². The Hall–Kier alpha value is -6.98. The van der Waals surface area contributed by atoms with Gasteiger partial charge < -0.3 is 4.57 Å². The lowest BCUT2D eigenvalue weighted by Crippen LogP contribution is -2.55. The van der Waals surface area contributed by atoms with Crippen LogP contribution in [-0.4, -0.2) is 103 Å². The van der Waals surface area contributed by atoms with Crippen molar-refractivity contribution < 1.29 is 0 Å². The van der Waals surface area contributed by atoms with Crippen molar-refractivity contribution in [2.75, 3.05) is 0 Å². The van der Waals surface area contributed by atoms with Gasteiger partial charge in [-0.05, 0) is 58.7 Å². The van der Waals surface area contributed by atoms with E-state index >= 15 is 0 Å². The van der Waals surface area contributed by atoms with Gasteiger partial charge in [0.1, 0.15) is 78.5 Å². The van der Waals surface area contributed by atoms with Gasteiger partial charge in [0.2, 0.25) is 5.95 Å². The smallest absolute Gasteiger partial charge is 0.238 e. The topological polar surface area (TPSA) is 48.5 Å². The van der Waals surface area contributed by atoms with Crippen LogP contribution in [0.4, 0.5) is 0 Å². The van der Waals surface area contributed by atoms with Crippen LogP contribution in [0.3, 0.4) is 0 Å². The van der Waals surface area contributed by atoms with Crippen molar-refractivity contribution in [1.82, 2.24) is 24.1 Å². The van der Waals surface area contributed by atoms with Gasteiger partial charge in [0.25, 0.3) is 0 Å². The maximum atomic E-state index is 6.64. The van der Waals surface area contributed by atoms with Gasteiger partial charge in [0, 0.05) is 38.4 Å². The lowest BCUT2D eigenvalue weighted by Gasteiger charge is -2.23. The first-order valence-electron chi connectivity index (χ1n) is 20.9. The normalized spacial score (nSPS) is 11.6. The van der Waals surface area contributed by atoms with Crippen LogP contribution in [0.2, 0.25) is 0 Å². The molecule has 11 rings (SSSR count). The van der Waals surface area contributed by atoms with Crippen molar-refractivity contribution in [2.24, 2.45) is 0 Å². The summed E-state index contributed by atoms with van der Waals surface area (Å²) in [5.74, 6) is 0.176. The maximum Gasteiger partial charge on any atom is 0.238 e. The minimum atomic E-state index is 0.00736. The van der Waals surface area contributed by atoms with E-state index in [0.29, 0.717) is 0 Å². The highest BCUT2D eigenvalue weighted by molar-refractivity contribution is 6.70. The summed E-state index contributed by atoms with van der Waals surface area (Å²) in [6, 6.07) is 48.3. The molecule has 5 nitrogen and oxygen atoms in total. The van der Waals surface area contributed by atoms with E-state index in [-0.39, 0.29) is 83.4 Å². The summed E-state index contributed by atoms with van der Waals surface area (Å²) < 4.78 is 4.26. The zero-order chi connectivity index (χ0) is 45.7. The van der Waals surface area contributed by atoms with E-state index in [4.69, 9.17) is 93.4 Å². The molecule has 0 fully saturated rings. The van der Waals surface area contributed by atoms with Gasteiger partial charge in [-0.1, -0.05) is 125 Å². The molecule has 3 heterocycles. The summed E-state index contributed by atoms with van der Waals surface area (Å²) in [5, 5.41) is 3.89. The Bertz CT molecular complexity index is 3690. The van der Waals surface area contributed by atoms with Gasteiger partial charge in [0.15, 0.2) is 11.6 Å². The second-order valence-electron chi connectivity index (χ2n) is 16.2. The van der Waals surface area contributed by atoms with Crippen molar-refractivity contribution in [1.29, 1.82) is 0 Å². The van der Waals surface area contributed by atoms with Crippen molar-refractivity contribution in [3.8, 4) is 56.7 Å². The molecule has 3 aromatic heterocycles. The number of hydrogen-bond acceptors (Lipinski definition) is 3. The largest absolute Gasteiger partial charge is 0.309 e. The second kappa shape index (κ2) is 15.9. The van der Waals surface area contributed by atoms with Crippen molar-refractivity contribution in [3.05, 3.63) is 140 Å². The predicted molar refractivity (Wildman–Crippen MR) is 284 cm³/mol. The Morgan fingerprint density at radius 3 is 1.18 bits per heavy atom. The molecule has 8 aromatic carbocycles. The van der Waals surface area contributed by atoms with E-state index in [0.717, 1.165) is 71.6 Å². The minimum absolute atomic E-state index is 0.00736. The van der Waals surface area contributed by atoms with Crippen LogP contribution < -0.4 is 54.6 Å². The summed E-state index contributed by atoms with van der Waals surface area (Å²) in [7, 11) is 64.6. The molecule has 15 heteroatoms. The Morgan fingerprint density at radius 2 is 0.697 bits per heavy atom. The average molecular weight is 814 g/mol. The Balaban J connectivity index is 1.22. The molecule has 0 saturated heterocycles. The van der Waals surface area contributed by atoms with Gasteiger partial charge in [0.05, 0.1) is 22.1 Å². The fourth-order valence-electron chi connectivity index (χ4n) is 9.19. The zero-order valence-corrected chi connectivity index (χ0v) is 35.3. The molecule has 0 spiro atoms. The van der Waals surface area contributed by atoms with Crippen LogP contribution in [0, 0.1) is 0 Å².